The Morgan fingerprint density at radius 1 is 1.20 bits per heavy atom. The number of hydrogen-bond acceptors (Lipinski definition) is 3. The van der Waals surface area contributed by atoms with Crippen LogP contribution in [0, 0.1) is 0 Å². The Kier molecular flexibility index (Phi) is 8.02. The summed E-state index contributed by atoms with van der Waals surface area (Å²) in [6.45, 7) is 0.450. The second kappa shape index (κ2) is 9.58. The predicted octanol–water partition coefficient (Wildman–Crippen LogP) is 3.80. The van der Waals surface area contributed by atoms with Crippen molar-refractivity contribution in [3.05, 3.63) is 23.8 Å². The van der Waals surface area contributed by atoms with Crippen LogP contribution in [0.25, 0.3) is 0 Å². The van der Waals surface area contributed by atoms with Gasteiger partial charge in [-0.15, -0.1) is 0 Å². The molecule has 1 rings (SSSR count). The van der Waals surface area contributed by atoms with E-state index in [9.17, 15) is 8.78 Å². The molecule has 4 nitrogen and oxygen atoms in total. The van der Waals surface area contributed by atoms with Crippen molar-refractivity contribution in [1.82, 2.24) is 0 Å². The van der Waals surface area contributed by atoms with Crippen molar-refractivity contribution in [1.29, 1.82) is 0 Å². The van der Waals surface area contributed by atoms with Crippen LogP contribution < -0.4 is 5.84 Å². The van der Waals surface area contributed by atoms with E-state index in [1.54, 1.807) is 12.2 Å². The molecule has 0 amide bonds. The monoisotopic (exact) mass is 287 g/mol. The first-order chi connectivity index (χ1) is 9.67. The fourth-order valence-corrected chi connectivity index (χ4v) is 1.97. The number of alkyl halides is 2. The summed E-state index contributed by atoms with van der Waals surface area (Å²) < 4.78 is 32.6. The fourth-order valence-electron chi connectivity index (χ4n) is 1.97. The van der Waals surface area contributed by atoms with Gasteiger partial charge < -0.3 is 10.6 Å². The molecule has 0 saturated heterocycles. The molecule has 0 aromatic rings. The van der Waals surface area contributed by atoms with E-state index in [0.717, 1.165) is 32.1 Å². The molecule has 0 bridgehead atoms. The highest BCUT2D eigenvalue weighted by Gasteiger charge is 2.33. The Bertz CT molecular complexity index is 354. The smallest absolute Gasteiger partial charge is 0.295 e. The van der Waals surface area contributed by atoms with Crippen molar-refractivity contribution >= 4 is 0 Å². The molecule has 0 aliphatic heterocycles. The molecule has 20 heavy (non-hydrogen) atoms. The fraction of sp³-hybridized carbons (Fsp3) is 0.714. The van der Waals surface area contributed by atoms with Crippen LogP contribution in [0.1, 0.15) is 38.5 Å². The van der Waals surface area contributed by atoms with Gasteiger partial charge >= 0.3 is 0 Å². The minimum Gasteiger partial charge on any atom is -0.375 e. The van der Waals surface area contributed by atoms with Gasteiger partial charge in [0.15, 0.2) is 0 Å². The molecule has 0 radical (unpaired) electrons. The van der Waals surface area contributed by atoms with E-state index in [1.165, 1.54) is 6.08 Å². The summed E-state index contributed by atoms with van der Waals surface area (Å²) in [6, 6.07) is 0. The Labute approximate surface area is 118 Å². The maximum atomic E-state index is 13.7. The summed E-state index contributed by atoms with van der Waals surface area (Å²) in [5.74, 6) is 1.99. The first kappa shape index (κ1) is 16.8. The van der Waals surface area contributed by atoms with Crippen LogP contribution in [0.2, 0.25) is 0 Å². The molecular weight excluding hydrogens is 264 g/mol. The first-order valence-corrected chi connectivity index (χ1v) is 7.06. The molecule has 0 aromatic heterocycles. The Hall–Kier alpha value is -1.30. The Morgan fingerprint density at radius 2 is 2.00 bits per heavy atom. The van der Waals surface area contributed by atoms with Crippen LogP contribution >= 0.6 is 0 Å². The highest BCUT2D eigenvalue weighted by molar-refractivity contribution is 5.28. The second-order valence-corrected chi connectivity index (χ2v) is 4.79. The number of rotatable bonds is 10. The van der Waals surface area contributed by atoms with Crippen molar-refractivity contribution in [3.63, 3.8) is 0 Å². The van der Waals surface area contributed by atoms with Crippen molar-refractivity contribution in [2.45, 2.75) is 44.4 Å². The third-order valence-corrected chi connectivity index (χ3v) is 3.08. The largest absolute Gasteiger partial charge is 0.375 e. The number of allylic oxidation sites excluding steroid dienone is 3. The maximum absolute atomic E-state index is 13.7. The number of hydrogen-bond donors (Lipinski definition) is 1. The quantitative estimate of drug-likeness (QED) is 0.287. The van der Waals surface area contributed by atoms with Crippen LogP contribution in [0.5, 0.6) is 0 Å². The van der Waals surface area contributed by atoms with Crippen molar-refractivity contribution < 1.29 is 13.5 Å². The zero-order valence-electron chi connectivity index (χ0n) is 11.7. The lowest BCUT2D eigenvalue weighted by molar-refractivity contribution is -0.0471. The van der Waals surface area contributed by atoms with E-state index in [1.807, 2.05) is 0 Å². The van der Waals surface area contributed by atoms with Gasteiger partial charge in [-0.2, -0.15) is 13.9 Å². The first-order valence-electron chi connectivity index (χ1n) is 7.06. The molecule has 0 atom stereocenters. The molecule has 114 valence electrons. The summed E-state index contributed by atoms with van der Waals surface area (Å²) in [6.07, 6.45) is 10.0. The lowest BCUT2D eigenvalue weighted by Gasteiger charge is -2.19. The average molecular weight is 287 g/mol. The van der Waals surface area contributed by atoms with Gasteiger partial charge in [0.1, 0.15) is 6.61 Å². The van der Waals surface area contributed by atoms with E-state index in [-0.39, 0.29) is 5.57 Å². The number of halogens is 2. The van der Waals surface area contributed by atoms with E-state index in [4.69, 9.17) is 10.6 Å². The summed E-state index contributed by atoms with van der Waals surface area (Å²) >= 11 is 0. The molecule has 0 heterocycles. The van der Waals surface area contributed by atoms with E-state index in [2.05, 4.69) is 10.3 Å². The Balaban J connectivity index is 2.05. The summed E-state index contributed by atoms with van der Waals surface area (Å²) in [7, 11) is 0. The van der Waals surface area contributed by atoms with Crippen LogP contribution in [0.15, 0.2) is 34.1 Å². The number of nitrogens with zero attached hydrogens (tertiary/aromatic N) is 2. The van der Waals surface area contributed by atoms with E-state index in [0.29, 0.717) is 19.6 Å². The van der Waals surface area contributed by atoms with Gasteiger partial charge in [-0.1, -0.05) is 36.3 Å². The molecule has 0 aromatic carbocycles. The third kappa shape index (κ3) is 6.75. The van der Waals surface area contributed by atoms with Gasteiger partial charge in [-0.3, -0.25) is 0 Å². The molecular formula is C14H23F2N3O. The van der Waals surface area contributed by atoms with Gasteiger partial charge in [-0.05, 0) is 25.7 Å². The summed E-state index contributed by atoms with van der Waals surface area (Å²) in [4.78, 5) is 0. The molecule has 1 aliphatic carbocycles. The van der Waals surface area contributed by atoms with E-state index < -0.39 is 12.5 Å². The zero-order valence-corrected chi connectivity index (χ0v) is 11.7. The minimum absolute atomic E-state index is 0.0795. The molecule has 1 aliphatic rings. The molecule has 0 spiro atoms. The van der Waals surface area contributed by atoms with Crippen LogP contribution in [-0.4, -0.2) is 25.7 Å². The SMILES string of the molecule is NN=NCCCCCCOCC(F)(F)C1=CCCC=C1. The molecule has 0 unspecified atom stereocenters. The molecule has 6 heteroatoms. The van der Waals surface area contributed by atoms with E-state index >= 15 is 0 Å². The van der Waals surface area contributed by atoms with Crippen molar-refractivity contribution in [3.8, 4) is 0 Å². The van der Waals surface area contributed by atoms with Gasteiger partial charge in [-0.25, -0.2) is 0 Å². The normalized spacial score (nSPS) is 15.8. The lowest BCUT2D eigenvalue weighted by Crippen LogP contribution is -2.26. The van der Waals surface area contributed by atoms with Gasteiger partial charge in [0.2, 0.25) is 0 Å². The van der Waals surface area contributed by atoms with Crippen molar-refractivity contribution in [2.24, 2.45) is 16.2 Å². The third-order valence-electron chi connectivity index (χ3n) is 3.08. The summed E-state index contributed by atoms with van der Waals surface area (Å²) in [5, 5.41) is 6.81. The number of unbranched alkanes of at least 4 members (excludes halogenated alkanes) is 3. The lowest BCUT2D eigenvalue weighted by atomic mass is 10.0. The zero-order chi connectivity index (χ0) is 14.7. The molecule has 0 saturated carbocycles. The van der Waals surface area contributed by atoms with Crippen LogP contribution in [0.4, 0.5) is 8.78 Å². The number of nitrogens with two attached hydrogens (primary N) is 1. The van der Waals surface area contributed by atoms with Crippen LogP contribution in [-0.2, 0) is 4.74 Å². The van der Waals surface area contributed by atoms with Crippen molar-refractivity contribution in [2.75, 3.05) is 19.8 Å². The standard InChI is InChI=1S/C14H23F2N3O/c15-14(16,13-8-4-3-5-9-13)12-20-11-7-2-1-6-10-18-19-17/h4,8-9H,1-3,5-7,10-12H2,(H2,17,18). The average Bonchev–Trinajstić information content (AvgIpc) is 2.46. The second-order valence-electron chi connectivity index (χ2n) is 4.79. The maximum Gasteiger partial charge on any atom is 0.295 e. The highest BCUT2D eigenvalue weighted by atomic mass is 19.3. The topological polar surface area (TPSA) is 60.0 Å². The molecule has 2 N–H and O–H groups in total. The Morgan fingerprint density at radius 3 is 2.70 bits per heavy atom. The van der Waals surface area contributed by atoms with Gasteiger partial charge in [0.25, 0.3) is 5.92 Å². The number of ether oxygens (including phenoxy) is 1. The van der Waals surface area contributed by atoms with Gasteiger partial charge in [0.05, 0.1) is 6.54 Å². The summed E-state index contributed by atoms with van der Waals surface area (Å²) in [5.41, 5.74) is 0.0795. The minimum atomic E-state index is -2.88. The van der Waals surface area contributed by atoms with Gasteiger partial charge in [0, 0.05) is 12.2 Å². The van der Waals surface area contributed by atoms with Crippen LogP contribution in [0.3, 0.4) is 0 Å². The molecule has 0 fully saturated rings. The highest BCUT2D eigenvalue weighted by Crippen LogP contribution is 2.28. The predicted molar refractivity (Wildman–Crippen MR) is 74.6 cm³/mol.